The summed E-state index contributed by atoms with van der Waals surface area (Å²) in [6.45, 7) is 16.3. The molecule has 0 amide bonds. The van der Waals surface area contributed by atoms with Crippen LogP contribution in [0.25, 0.3) is 0 Å². The van der Waals surface area contributed by atoms with Crippen LogP contribution in [-0.4, -0.2) is 12.1 Å². The van der Waals surface area contributed by atoms with Gasteiger partial charge in [-0.3, -0.25) is 0 Å². The molecule has 0 heterocycles. The zero-order valence-electron chi connectivity index (χ0n) is 13.4. The number of hydrogen-bond donors (Lipinski definition) is 1. The summed E-state index contributed by atoms with van der Waals surface area (Å²) >= 11 is 0. The molecule has 0 fully saturated rings. The maximum Gasteiger partial charge on any atom is 0.00968 e. The van der Waals surface area contributed by atoms with Crippen molar-refractivity contribution in [2.45, 2.75) is 85.1 Å². The van der Waals surface area contributed by atoms with Crippen LogP contribution in [-0.2, 0) is 0 Å². The standard InChI is InChI=1S/C17H35N/c1-7-9-10-11-12-13-14-17(6,8-2)15-18-16(3,4)5/h8,18H,2,7,9-15H2,1,3-6H3. The Bertz CT molecular complexity index is 214. The van der Waals surface area contributed by atoms with E-state index in [9.17, 15) is 0 Å². The average Bonchev–Trinajstić information content (AvgIpc) is 2.30. The second-order valence-corrected chi connectivity index (χ2v) is 6.98. The van der Waals surface area contributed by atoms with Gasteiger partial charge in [0, 0.05) is 12.1 Å². The fourth-order valence-electron chi connectivity index (χ4n) is 2.04. The molecule has 0 rings (SSSR count). The number of hydrogen-bond acceptors (Lipinski definition) is 1. The maximum absolute atomic E-state index is 4.02. The van der Waals surface area contributed by atoms with Gasteiger partial charge in [0.1, 0.15) is 0 Å². The summed E-state index contributed by atoms with van der Waals surface area (Å²) in [7, 11) is 0. The van der Waals surface area contributed by atoms with E-state index < -0.39 is 0 Å². The zero-order chi connectivity index (χ0) is 14.1. The Balaban J connectivity index is 3.82. The molecule has 18 heavy (non-hydrogen) atoms. The molecule has 0 aliphatic carbocycles. The van der Waals surface area contributed by atoms with Crippen LogP contribution in [0.1, 0.15) is 79.6 Å². The van der Waals surface area contributed by atoms with Gasteiger partial charge < -0.3 is 5.32 Å². The van der Waals surface area contributed by atoms with Crippen LogP contribution in [0.2, 0.25) is 0 Å². The Morgan fingerprint density at radius 3 is 2.00 bits per heavy atom. The van der Waals surface area contributed by atoms with Gasteiger partial charge in [-0.1, -0.05) is 58.4 Å². The van der Waals surface area contributed by atoms with E-state index in [4.69, 9.17) is 0 Å². The van der Waals surface area contributed by atoms with Gasteiger partial charge in [-0.2, -0.15) is 0 Å². The third-order valence-corrected chi connectivity index (χ3v) is 3.62. The highest BCUT2D eigenvalue weighted by Crippen LogP contribution is 2.26. The summed E-state index contributed by atoms with van der Waals surface area (Å²) in [5.74, 6) is 0. The Kier molecular flexibility index (Phi) is 8.60. The minimum Gasteiger partial charge on any atom is -0.311 e. The Hall–Kier alpha value is -0.300. The highest BCUT2D eigenvalue weighted by molar-refractivity contribution is 4.94. The maximum atomic E-state index is 4.02. The van der Waals surface area contributed by atoms with E-state index in [-0.39, 0.29) is 11.0 Å². The SMILES string of the molecule is C=CC(C)(CCCCCCCC)CNC(C)(C)C. The molecule has 0 aliphatic rings. The molecule has 0 aromatic rings. The molecule has 0 radical (unpaired) electrons. The first-order chi connectivity index (χ1) is 8.33. The molecule has 0 bridgehead atoms. The highest BCUT2D eigenvalue weighted by atomic mass is 15.0. The van der Waals surface area contributed by atoms with Crippen molar-refractivity contribution in [3.63, 3.8) is 0 Å². The second kappa shape index (κ2) is 8.74. The normalized spacial score (nSPS) is 15.4. The van der Waals surface area contributed by atoms with Crippen molar-refractivity contribution in [1.29, 1.82) is 0 Å². The molecule has 1 N–H and O–H groups in total. The summed E-state index contributed by atoms with van der Waals surface area (Å²) in [6, 6.07) is 0. The topological polar surface area (TPSA) is 12.0 Å². The quantitative estimate of drug-likeness (QED) is 0.410. The molecule has 0 spiro atoms. The third kappa shape index (κ3) is 9.70. The lowest BCUT2D eigenvalue weighted by Crippen LogP contribution is -2.42. The van der Waals surface area contributed by atoms with E-state index in [2.05, 4.69) is 52.6 Å². The molecule has 1 unspecified atom stereocenters. The van der Waals surface area contributed by atoms with Crippen molar-refractivity contribution in [2.24, 2.45) is 5.41 Å². The number of unbranched alkanes of at least 4 members (excludes halogenated alkanes) is 5. The van der Waals surface area contributed by atoms with Crippen LogP contribution >= 0.6 is 0 Å². The Labute approximate surface area is 115 Å². The fraction of sp³-hybridized carbons (Fsp3) is 0.882. The molecule has 0 aromatic heterocycles. The number of nitrogens with one attached hydrogen (secondary N) is 1. The van der Waals surface area contributed by atoms with E-state index in [1.54, 1.807) is 0 Å². The van der Waals surface area contributed by atoms with E-state index >= 15 is 0 Å². The van der Waals surface area contributed by atoms with Gasteiger partial charge in [0.15, 0.2) is 0 Å². The van der Waals surface area contributed by atoms with Crippen molar-refractivity contribution in [1.82, 2.24) is 5.32 Å². The zero-order valence-corrected chi connectivity index (χ0v) is 13.4. The molecule has 0 saturated heterocycles. The minimum atomic E-state index is 0.200. The van der Waals surface area contributed by atoms with Crippen LogP contribution in [0.4, 0.5) is 0 Å². The lowest BCUT2D eigenvalue weighted by Gasteiger charge is -2.31. The Morgan fingerprint density at radius 2 is 1.50 bits per heavy atom. The summed E-state index contributed by atoms with van der Waals surface area (Å²) < 4.78 is 0. The molecule has 0 aromatic carbocycles. The van der Waals surface area contributed by atoms with Crippen molar-refractivity contribution in [3.05, 3.63) is 12.7 Å². The van der Waals surface area contributed by atoms with Gasteiger partial charge in [0.25, 0.3) is 0 Å². The Morgan fingerprint density at radius 1 is 0.944 bits per heavy atom. The highest BCUT2D eigenvalue weighted by Gasteiger charge is 2.22. The summed E-state index contributed by atoms with van der Waals surface area (Å²) in [5.41, 5.74) is 0.448. The van der Waals surface area contributed by atoms with Gasteiger partial charge in [-0.05, 0) is 32.6 Å². The van der Waals surface area contributed by atoms with Crippen LogP contribution in [0.3, 0.4) is 0 Å². The lowest BCUT2D eigenvalue weighted by molar-refractivity contribution is 0.299. The van der Waals surface area contributed by atoms with Crippen LogP contribution in [0.5, 0.6) is 0 Å². The fourth-order valence-corrected chi connectivity index (χ4v) is 2.04. The first kappa shape index (κ1) is 17.7. The summed E-state index contributed by atoms with van der Waals surface area (Å²) in [6.07, 6.45) is 11.6. The largest absolute Gasteiger partial charge is 0.311 e. The van der Waals surface area contributed by atoms with Gasteiger partial charge in [-0.15, -0.1) is 6.58 Å². The molecule has 1 heteroatoms. The van der Waals surface area contributed by atoms with Crippen molar-refractivity contribution in [2.75, 3.05) is 6.54 Å². The van der Waals surface area contributed by atoms with Crippen LogP contribution in [0.15, 0.2) is 12.7 Å². The van der Waals surface area contributed by atoms with Crippen molar-refractivity contribution < 1.29 is 0 Å². The summed E-state index contributed by atoms with van der Waals surface area (Å²) in [4.78, 5) is 0. The monoisotopic (exact) mass is 253 g/mol. The molecule has 108 valence electrons. The minimum absolute atomic E-state index is 0.200. The molecule has 1 nitrogen and oxygen atoms in total. The molecular formula is C17H35N. The van der Waals surface area contributed by atoms with Crippen LogP contribution in [0, 0.1) is 5.41 Å². The first-order valence-corrected chi connectivity index (χ1v) is 7.71. The van der Waals surface area contributed by atoms with E-state index in [1.165, 1.54) is 44.9 Å². The molecule has 1 atom stereocenters. The first-order valence-electron chi connectivity index (χ1n) is 7.71. The molecule has 0 saturated carbocycles. The second-order valence-electron chi connectivity index (χ2n) is 6.98. The molecular weight excluding hydrogens is 218 g/mol. The number of rotatable bonds is 10. The average molecular weight is 253 g/mol. The van der Waals surface area contributed by atoms with Gasteiger partial charge in [0.2, 0.25) is 0 Å². The predicted octanol–water partition coefficient (Wildman–Crippen LogP) is 5.32. The summed E-state index contributed by atoms with van der Waals surface area (Å²) in [5, 5.41) is 3.60. The van der Waals surface area contributed by atoms with Gasteiger partial charge in [0.05, 0.1) is 0 Å². The van der Waals surface area contributed by atoms with Crippen molar-refractivity contribution >= 4 is 0 Å². The van der Waals surface area contributed by atoms with E-state index in [0.29, 0.717) is 0 Å². The van der Waals surface area contributed by atoms with Gasteiger partial charge >= 0.3 is 0 Å². The van der Waals surface area contributed by atoms with E-state index in [1.807, 2.05) is 0 Å². The third-order valence-electron chi connectivity index (χ3n) is 3.62. The smallest absolute Gasteiger partial charge is 0.00968 e. The van der Waals surface area contributed by atoms with Crippen molar-refractivity contribution in [3.8, 4) is 0 Å². The molecule has 0 aliphatic heterocycles. The lowest BCUT2D eigenvalue weighted by atomic mass is 9.84. The predicted molar refractivity (Wildman–Crippen MR) is 84.1 cm³/mol. The van der Waals surface area contributed by atoms with E-state index in [0.717, 1.165) is 6.54 Å². The van der Waals surface area contributed by atoms with Gasteiger partial charge in [-0.25, -0.2) is 0 Å². The van der Waals surface area contributed by atoms with Crippen LogP contribution < -0.4 is 5.32 Å².